The van der Waals surface area contributed by atoms with Gasteiger partial charge in [0.2, 0.25) is 0 Å². The minimum atomic E-state index is -0.477. The number of hydrogen-bond acceptors (Lipinski definition) is 2. The fraction of sp³-hybridized carbons (Fsp3) is 0.812. The van der Waals surface area contributed by atoms with E-state index in [0.717, 1.165) is 24.5 Å². The van der Waals surface area contributed by atoms with Gasteiger partial charge in [0.15, 0.2) is 0 Å². The van der Waals surface area contributed by atoms with Crippen molar-refractivity contribution in [2.75, 3.05) is 0 Å². The molecule has 114 valence electrons. The minimum Gasteiger partial charge on any atom is -0.386 e. The molecule has 0 radical (unpaired) electrons. The van der Waals surface area contributed by atoms with Crippen LogP contribution in [0.4, 0.5) is 0 Å². The van der Waals surface area contributed by atoms with Crippen molar-refractivity contribution >= 4 is 11.6 Å². The maximum atomic E-state index is 10.7. The van der Waals surface area contributed by atoms with Gasteiger partial charge >= 0.3 is 0 Å². The molecule has 0 amide bonds. The third kappa shape index (κ3) is 3.37. The molecule has 1 aliphatic carbocycles. The van der Waals surface area contributed by atoms with Gasteiger partial charge in [-0.15, -0.1) is 0 Å². The molecule has 0 spiro atoms. The van der Waals surface area contributed by atoms with Crippen molar-refractivity contribution in [1.82, 2.24) is 9.78 Å². The van der Waals surface area contributed by atoms with E-state index in [-0.39, 0.29) is 6.04 Å². The molecule has 0 aliphatic heterocycles. The molecule has 0 saturated heterocycles. The molecule has 4 heteroatoms. The van der Waals surface area contributed by atoms with Gasteiger partial charge in [0.05, 0.1) is 23.0 Å². The van der Waals surface area contributed by atoms with Crippen LogP contribution in [0.3, 0.4) is 0 Å². The van der Waals surface area contributed by atoms with Crippen molar-refractivity contribution in [3.8, 4) is 0 Å². The smallest absolute Gasteiger partial charge is 0.0999 e. The van der Waals surface area contributed by atoms with Crippen molar-refractivity contribution in [3.63, 3.8) is 0 Å². The molecule has 1 heterocycles. The van der Waals surface area contributed by atoms with Crippen LogP contribution >= 0.6 is 11.6 Å². The molecular weight excluding hydrogens is 272 g/mol. The molecular formula is C16H27ClN2O. The Hall–Kier alpha value is -0.540. The second kappa shape index (κ2) is 6.95. The average molecular weight is 299 g/mol. The molecule has 0 aromatic carbocycles. The van der Waals surface area contributed by atoms with Gasteiger partial charge in [0.25, 0.3) is 0 Å². The average Bonchev–Trinajstić information content (AvgIpc) is 2.81. The van der Waals surface area contributed by atoms with Crippen LogP contribution in [0.5, 0.6) is 0 Å². The summed E-state index contributed by atoms with van der Waals surface area (Å²) in [6.45, 7) is 6.39. The third-order valence-corrected chi connectivity index (χ3v) is 4.88. The molecule has 1 unspecified atom stereocenters. The molecule has 3 nitrogen and oxygen atoms in total. The van der Waals surface area contributed by atoms with Crippen LogP contribution in [-0.4, -0.2) is 14.9 Å². The van der Waals surface area contributed by atoms with E-state index in [9.17, 15) is 5.11 Å². The number of nitrogens with zero attached hydrogens (tertiary/aromatic N) is 2. The molecule has 1 aromatic rings. The standard InChI is InChI=1S/C16H27ClN2O/c1-4-5-12-6-8-13(9-7-12)16(20)15-14(17)10-18-19(15)11(2)3/h10-13,16,20H,4-9H2,1-3H3. The van der Waals surface area contributed by atoms with E-state index < -0.39 is 6.10 Å². The minimum absolute atomic E-state index is 0.226. The molecule has 1 atom stereocenters. The van der Waals surface area contributed by atoms with E-state index in [1.807, 2.05) is 4.68 Å². The van der Waals surface area contributed by atoms with Gasteiger partial charge < -0.3 is 5.11 Å². The lowest BCUT2D eigenvalue weighted by molar-refractivity contribution is 0.0641. The van der Waals surface area contributed by atoms with Crippen LogP contribution in [0.1, 0.15) is 77.1 Å². The maximum absolute atomic E-state index is 10.7. The highest BCUT2D eigenvalue weighted by molar-refractivity contribution is 6.31. The Morgan fingerprint density at radius 2 is 2.00 bits per heavy atom. The zero-order valence-corrected chi connectivity index (χ0v) is 13.6. The highest BCUT2D eigenvalue weighted by atomic mass is 35.5. The van der Waals surface area contributed by atoms with E-state index in [1.54, 1.807) is 6.20 Å². The van der Waals surface area contributed by atoms with E-state index in [4.69, 9.17) is 11.6 Å². The third-order valence-electron chi connectivity index (χ3n) is 4.59. The predicted octanol–water partition coefficient (Wildman–Crippen LogP) is 4.76. The summed E-state index contributed by atoms with van der Waals surface area (Å²) in [5.74, 6) is 1.18. The fourth-order valence-corrected chi connectivity index (χ4v) is 3.71. The van der Waals surface area contributed by atoms with Crippen LogP contribution in [0.2, 0.25) is 5.02 Å². The first kappa shape index (κ1) is 15.8. The number of hydrogen-bond donors (Lipinski definition) is 1. The van der Waals surface area contributed by atoms with Crippen LogP contribution in [0.15, 0.2) is 6.20 Å². The number of rotatable bonds is 5. The first-order chi connectivity index (χ1) is 9.54. The van der Waals surface area contributed by atoms with E-state index in [1.165, 1.54) is 25.7 Å². The number of aromatic nitrogens is 2. The Labute approximate surface area is 127 Å². The van der Waals surface area contributed by atoms with Crippen molar-refractivity contribution in [3.05, 3.63) is 16.9 Å². The molecule has 1 saturated carbocycles. The zero-order valence-electron chi connectivity index (χ0n) is 12.8. The Bertz CT molecular complexity index is 422. The lowest BCUT2D eigenvalue weighted by Crippen LogP contribution is -2.23. The molecule has 2 rings (SSSR count). The molecule has 20 heavy (non-hydrogen) atoms. The first-order valence-electron chi connectivity index (χ1n) is 7.95. The van der Waals surface area contributed by atoms with Crippen LogP contribution in [0.25, 0.3) is 0 Å². The van der Waals surface area contributed by atoms with Gasteiger partial charge in [-0.25, -0.2) is 0 Å². The lowest BCUT2D eigenvalue weighted by Gasteiger charge is -2.32. The topological polar surface area (TPSA) is 38.1 Å². The van der Waals surface area contributed by atoms with Crippen molar-refractivity contribution in [1.29, 1.82) is 0 Å². The highest BCUT2D eigenvalue weighted by Crippen LogP contribution is 2.40. The molecule has 1 fully saturated rings. The lowest BCUT2D eigenvalue weighted by atomic mass is 9.77. The summed E-state index contributed by atoms with van der Waals surface area (Å²) in [5, 5.41) is 15.6. The summed E-state index contributed by atoms with van der Waals surface area (Å²) in [4.78, 5) is 0. The molecule has 1 aliphatic rings. The Morgan fingerprint density at radius 3 is 2.55 bits per heavy atom. The van der Waals surface area contributed by atoms with Crippen molar-refractivity contribution in [2.24, 2.45) is 11.8 Å². The number of halogens is 1. The van der Waals surface area contributed by atoms with E-state index in [0.29, 0.717) is 10.9 Å². The van der Waals surface area contributed by atoms with Crippen LogP contribution in [0, 0.1) is 11.8 Å². The van der Waals surface area contributed by atoms with Gasteiger partial charge in [-0.05, 0) is 38.5 Å². The predicted molar refractivity (Wildman–Crippen MR) is 82.9 cm³/mol. The van der Waals surface area contributed by atoms with Crippen LogP contribution in [-0.2, 0) is 0 Å². The largest absolute Gasteiger partial charge is 0.386 e. The van der Waals surface area contributed by atoms with E-state index >= 15 is 0 Å². The molecule has 1 N–H and O–H groups in total. The zero-order chi connectivity index (χ0) is 14.7. The molecule has 1 aromatic heterocycles. The number of aliphatic hydroxyl groups is 1. The normalized spacial score (nSPS) is 25.1. The van der Waals surface area contributed by atoms with Crippen molar-refractivity contribution in [2.45, 2.75) is 71.4 Å². The second-order valence-electron chi connectivity index (χ2n) is 6.43. The summed E-state index contributed by atoms with van der Waals surface area (Å²) < 4.78 is 1.87. The Balaban J connectivity index is 2.05. The maximum Gasteiger partial charge on any atom is 0.0999 e. The Kier molecular flexibility index (Phi) is 5.50. The quantitative estimate of drug-likeness (QED) is 0.851. The number of aliphatic hydroxyl groups excluding tert-OH is 1. The van der Waals surface area contributed by atoms with Gasteiger partial charge in [0.1, 0.15) is 0 Å². The highest BCUT2D eigenvalue weighted by Gasteiger charge is 2.30. The van der Waals surface area contributed by atoms with Crippen LogP contribution < -0.4 is 0 Å². The second-order valence-corrected chi connectivity index (χ2v) is 6.84. The van der Waals surface area contributed by atoms with Crippen molar-refractivity contribution < 1.29 is 5.11 Å². The first-order valence-corrected chi connectivity index (χ1v) is 8.33. The summed E-state index contributed by atoms with van der Waals surface area (Å²) in [7, 11) is 0. The fourth-order valence-electron chi connectivity index (χ4n) is 3.46. The summed E-state index contributed by atoms with van der Waals surface area (Å²) in [6.07, 6.45) is 8.46. The summed E-state index contributed by atoms with van der Waals surface area (Å²) in [5.41, 5.74) is 0.806. The summed E-state index contributed by atoms with van der Waals surface area (Å²) in [6, 6.07) is 0.226. The van der Waals surface area contributed by atoms with Gasteiger partial charge in [0, 0.05) is 6.04 Å². The summed E-state index contributed by atoms with van der Waals surface area (Å²) >= 11 is 6.24. The Morgan fingerprint density at radius 1 is 1.35 bits per heavy atom. The SMILES string of the molecule is CCCC1CCC(C(O)c2c(Cl)cnn2C(C)C)CC1. The molecule has 0 bridgehead atoms. The van der Waals surface area contributed by atoms with Gasteiger partial charge in [-0.3, -0.25) is 4.68 Å². The van der Waals surface area contributed by atoms with Gasteiger partial charge in [-0.1, -0.05) is 44.2 Å². The van der Waals surface area contributed by atoms with E-state index in [2.05, 4.69) is 25.9 Å². The monoisotopic (exact) mass is 298 g/mol. The van der Waals surface area contributed by atoms with Gasteiger partial charge in [-0.2, -0.15) is 5.10 Å².